The summed E-state index contributed by atoms with van der Waals surface area (Å²) < 4.78 is 1.79. The van der Waals surface area contributed by atoms with Gasteiger partial charge in [0.15, 0.2) is 6.29 Å². The monoisotopic (exact) mass is 202 g/mol. The topological polar surface area (TPSA) is 55.1 Å². The van der Waals surface area contributed by atoms with E-state index in [1.54, 1.807) is 35.3 Å². The fraction of sp³-hybridized carbons (Fsp3) is 0.0909. The molecule has 0 fully saturated rings. The number of phenols is 1. The molecule has 76 valence electrons. The molecule has 0 saturated heterocycles. The second-order valence-electron chi connectivity index (χ2n) is 3.26. The molecule has 1 aromatic heterocycles. The first-order valence-electron chi connectivity index (χ1n) is 4.53. The number of hydrogen-bond acceptors (Lipinski definition) is 3. The van der Waals surface area contributed by atoms with E-state index in [-0.39, 0.29) is 5.75 Å². The molecular formula is C11H10N2O2. The van der Waals surface area contributed by atoms with Crippen LogP contribution < -0.4 is 0 Å². The number of aromatic hydroxyl groups is 1. The zero-order valence-corrected chi connectivity index (χ0v) is 8.00. The van der Waals surface area contributed by atoms with Gasteiger partial charge in [-0.3, -0.25) is 4.79 Å². The lowest BCUT2D eigenvalue weighted by Gasteiger charge is -2.02. The Morgan fingerprint density at radius 3 is 3.00 bits per heavy atom. The Labute approximate surface area is 86.8 Å². The van der Waals surface area contributed by atoms with E-state index in [0.29, 0.717) is 18.5 Å². The summed E-state index contributed by atoms with van der Waals surface area (Å²) in [5.74, 6) is 0.239. The predicted octanol–water partition coefficient (Wildman–Crippen LogP) is 1.45. The van der Waals surface area contributed by atoms with E-state index in [0.717, 1.165) is 5.56 Å². The summed E-state index contributed by atoms with van der Waals surface area (Å²) in [6.45, 7) is 0.592. The van der Waals surface area contributed by atoms with Crippen LogP contribution in [0.4, 0.5) is 0 Å². The van der Waals surface area contributed by atoms with Crippen LogP contribution in [0.3, 0.4) is 0 Å². The van der Waals surface area contributed by atoms with Crippen LogP contribution >= 0.6 is 0 Å². The van der Waals surface area contributed by atoms with E-state index in [1.807, 2.05) is 6.07 Å². The van der Waals surface area contributed by atoms with Crippen LogP contribution in [0.2, 0.25) is 0 Å². The maximum atomic E-state index is 10.4. The number of rotatable bonds is 3. The van der Waals surface area contributed by atoms with Gasteiger partial charge >= 0.3 is 0 Å². The molecule has 1 heterocycles. The highest BCUT2D eigenvalue weighted by atomic mass is 16.3. The largest absolute Gasteiger partial charge is 0.508 e. The Bertz CT molecular complexity index is 477. The second kappa shape index (κ2) is 3.96. The molecule has 4 heteroatoms. The van der Waals surface area contributed by atoms with Gasteiger partial charge in [0.2, 0.25) is 0 Å². The summed E-state index contributed by atoms with van der Waals surface area (Å²) in [7, 11) is 0. The number of hydrogen-bond donors (Lipinski definition) is 1. The van der Waals surface area contributed by atoms with Crippen molar-refractivity contribution in [3.8, 4) is 5.75 Å². The van der Waals surface area contributed by atoms with Crippen LogP contribution in [-0.4, -0.2) is 20.9 Å². The fourth-order valence-corrected chi connectivity index (χ4v) is 1.39. The first kappa shape index (κ1) is 9.45. The molecule has 2 aromatic rings. The molecule has 0 bridgehead atoms. The molecule has 1 N–H and O–H groups in total. The van der Waals surface area contributed by atoms with Crippen molar-refractivity contribution in [3.63, 3.8) is 0 Å². The lowest BCUT2D eigenvalue weighted by atomic mass is 10.2. The van der Waals surface area contributed by atoms with E-state index in [9.17, 15) is 9.90 Å². The highest BCUT2D eigenvalue weighted by molar-refractivity contribution is 5.70. The summed E-state index contributed by atoms with van der Waals surface area (Å²) in [5.41, 5.74) is 1.38. The Kier molecular flexibility index (Phi) is 2.49. The minimum Gasteiger partial charge on any atom is -0.508 e. The fourth-order valence-electron chi connectivity index (χ4n) is 1.39. The third kappa shape index (κ3) is 2.22. The maximum Gasteiger partial charge on any atom is 0.169 e. The Hall–Kier alpha value is -2.10. The average molecular weight is 202 g/mol. The predicted molar refractivity (Wildman–Crippen MR) is 54.8 cm³/mol. The number of phenolic OH excluding ortho intramolecular Hbond substituents is 1. The van der Waals surface area contributed by atoms with Gasteiger partial charge in [0.1, 0.15) is 11.4 Å². The molecule has 0 saturated carbocycles. The van der Waals surface area contributed by atoms with Crippen molar-refractivity contribution in [1.29, 1.82) is 0 Å². The number of carbonyl (C=O) groups is 1. The van der Waals surface area contributed by atoms with E-state index in [2.05, 4.69) is 4.98 Å². The standard InChI is InChI=1S/C11H10N2O2/c14-7-10-6-13(8-12-10)5-9-2-1-3-11(15)4-9/h1-4,6-8,15H,5H2. The third-order valence-corrected chi connectivity index (χ3v) is 2.05. The summed E-state index contributed by atoms with van der Waals surface area (Å²) in [4.78, 5) is 14.3. The van der Waals surface area contributed by atoms with Crippen LogP contribution in [0.1, 0.15) is 16.1 Å². The average Bonchev–Trinajstić information content (AvgIpc) is 2.65. The first-order valence-corrected chi connectivity index (χ1v) is 4.53. The van der Waals surface area contributed by atoms with Gasteiger partial charge in [-0.25, -0.2) is 4.98 Å². The van der Waals surface area contributed by atoms with Gasteiger partial charge in [0.05, 0.1) is 6.33 Å². The quantitative estimate of drug-likeness (QED) is 0.766. The molecular weight excluding hydrogens is 192 g/mol. The SMILES string of the molecule is O=Cc1cn(Cc2cccc(O)c2)cn1. The maximum absolute atomic E-state index is 10.4. The van der Waals surface area contributed by atoms with Gasteiger partial charge < -0.3 is 9.67 Å². The Balaban J connectivity index is 2.18. The molecule has 4 nitrogen and oxygen atoms in total. The van der Waals surface area contributed by atoms with Crippen LogP contribution in [0, 0.1) is 0 Å². The summed E-state index contributed by atoms with van der Waals surface area (Å²) in [5, 5.41) is 9.26. The highest BCUT2D eigenvalue weighted by Gasteiger charge is 1.98. The minimum atomic E-state index is 0.239. The lowest BCUT2D eigenvalue weighted by molar-refractivity contribution is 0.111. The smallest absolute Gasteiger partial charge is 0.169 e. The zero-order chi connectivity index (χ0) is 10.7. The molecule has 0 amide bonds. The molecule has 2 rings (SSSR count). The minimum absolute atomic E-state index is 0.239. The summed E-state index contributed by atoms with van der Waals surface area (Å²) in [6, 6.07) is 6.98. The van der Waals surface area contributed by atoms with Crippen molar-refractivity contribution in [3.05, 3.63) is 48.0 Å². The van der Waals surface area contributed by atoms with Crippen LogP contribution in [-0.2, 0) is 6.54 Å². The van der Waals surface area contributed by atoms with Crippen LogP contribution in [0.25, 0.3) is 0 Å². The number of carbonyl (C=O) groups excluding carboxylic acids is 1. The number of imidazole rings is 1. The van der Waals surface area contributed by atoms with Crippen molar-refractivity contribution in [2.75, 3.05) is 0 Å². The summed E-state index contributed by atoms with van der Waals surface area (Å²) in [6.07, 6.45) is 3.96. The Morgan fingerprint density at radius 1 is 1.47 bits per heavy atom. The third-order valence-electron chi connectivity index (χ3n) is 2.05. The van der Waals surface area contributed by atoms with Gasteiger partial charge in [0, 0.05) is 12.7 Å². The molecule has 0 atom stereocenters. The number of aromatic nitrogens is 2. The number of benzene rings is 1. The van der Waals surface area contributed by atoms with Gasteiger partial charge in [-0.15, -0.1) is 0 Å². The van der Waals surface area contributed by atoms with Crippen LogP contribution in [0.15, 0.2) is 36.8 Å². The summed E-state index contributed by atoms with van der Waals surface area (Å²) >= 11 is 0. The highest BCUT2D eigenvalue weighted by Crippen LogP contribution is 2.12. The van der Waals surface area contributed by atoms with E-state index in [4.69, 9.17) is 0 Å². The van der Waals surface area contributed by atoms with Crippen molar-refractivity contribution >= 4 is 6.29 Å². The van der Waals surface area contributed by atoms with Gasteiger partial charge in [-0.1, -0.05) is 12.1 Å². The zero-order valence-electron chi connectivity index (χ0n) is 8.00. The molecule has 0 unspecified atom stereocenters. The van der Waals surface area contributed by atoms with Gasteiger partial charge in [-0.2, -0.15) is 0 Å². The molecule has 0 aliphatic carbocycles. The van der Waals surface area contributed by atoms with Gasteiger partial charge in [-0.05, 0) is 17.7 Å². The first-order chi connectivity index (χ1) is 7.28. The number of nitrogens with zero attached hydrogens (tertiary/aromatic N) is 2. The molecule has 1 aromatic carbocycles. The van der Waals surface area contributed by atoms with Crippen molar-refractivity contribution in [1.82, 2.24) is 9.55 Å². The lowest BCUT2D eigenvalue weighted by Crippen LogP contribution is -1.95. The molecule has 0 radical (unpaired) electrons. The Morgan fingerprint density at radius 2 is 2.33 bits per heavy atom. The van der Waals surface area contributed by atoms with Gasteiger partial charge in [0.25, 0.3) is 0 Å². The van der Waals surface area contributed by atoms with Crippen molar-refractivity contribution < 1.29 is 9.90 Å². The van der Waals surface area contributed by atoms with E-state index in [1.165, 1.54) is 0 Å². The van der Waals surface area contributed by atoms with Crippen LogP contribution in [0.5, 0.6) is 5.75 Å². The van der Waals surface area contributed by atoms with Crippen molar-refractivity contribution in [2.24, 2.45) is 0 Å². The molecule has 0 aliphatic heterocycles. The molecule has 0 spiro atoms. The normalized spacial score (nSPS) is 10.1. The van der Waals surface area contributed by atoms with Crippen molar-refractivity contribution in [2.45, 2.75) is 6.54 Å². The second-order valence-corrected chi connectivity index (χ2v) is 3.26. The van der Waals surface area contributed by atoms with E-state index >= 15 is 0 Å². The van der Waals surface area contributed by atoms with E-state index < -0.39 is 0 Å². The molecule has 0 aliphatic rings. The number of aldehydes is 1. The molecule has 15 heavy (non-hydrogen) atoms.